The molecule has 3 rings (SSSR count). The number of hydrogen-bond donors (Lipinski definition) is 3. The van der Waals surface area contributed by atoms with Crippen LogP contribution >= 0.6 is 0 Å². The lowest BCUT2D eigenvalue weighted by molar-refractivity contribution is -0.383. The maximum atomic E-state index is 12.0. The van der Waals surface area contributed by atoms with E-state index in [2.05, 4.69) is 53.6 Å². The summed E-state index contributed by atoms with van der Waals surface area (Å²) in [5, 5.41) is 21.9. The van der Waals surface area contributed by atoms with Crippen molar-refractivity contribution in [2.45, 2.75) is 57.7 Å². The van der Waals surface area contributed by atoms with Crippen LogP contribution in [0.25, 0.3) is 0 Å². The van der Waals surface area contributed by atoms with Crippen molar-refractivity contribution in [3.8, 4) is 11.5 Å². The van der Waals surface area contributed by atoms with Gasteiger partial charge < -0.3 is 25.4 Å². The van der Waals surface area contributed by atoms with E-state index >= 15 is 0 Å². The van der Waals surface area contributed by atoms with Crippen molar-refractivity contribution in [2.75, 3.05) is 24.9 Å². The SMILES string of the molecule is COc1ccc(OC)c(Nc2ncnc(NC3CC(C)(C)NC(C)(C)C3)c2[N+](=O)[O-])c1. The van der Waals surface area contributed by atoms with Gasteiger partial charge in [0, 0.05) is 23.2 Å². The Kier molecular flexibility index (Phi) is 6.21. The molecule has 3 N–H and O–H groups in total. The summed E-state index contributed by atoms with van der Waals surface area (Å²) in [5.41, 5.74) is 0.0484. The van der Waals surface area contributed by atoms with E-state index in [-0.39, 0.29) is 34.4 Å². The Balaban J connectivity index is 1.95. The molecule has 0 saturated carbocycles. The van der Waals surface area contributed by atoms with Gasteiger partial charge in [0.05, 0.1) is 24.8 Å². The number of nitrogens with one attached hydrogen (secondary N) is 3. The summed E-state index contributed by atoms with van der Waals surface area (Å²) >= 11 is 0. The predicted molar refractivity (Wildman–Crippen MR) is 119 cm³/mol. The number of piperidine rings is 1. The second kappa shape index (κ2) is 8.54. The minimum Gasteiger partial charge on any atom is -0.497 e. The van der Waals surface area contributed by atoms with Gasteiger partial charge >= 0.3 is 5.69 Å². The number of nitro groups is 1. The van der Waals surface area contributed by atoms with Crippen molar-refractivity contribution in [1.82, 2.24) is 15.3 Å². The second-order valence-corrected chi connectivity index (χ2v) is 9.01. The van der Waals surface area contributed by atoms with Gasteiger partial charge in [-0.3, -0.25) is 10.1 Å². The first-order chi connectivity index (χ1) is 14.5. The first-order valence-electron chi connectivity index (χ1n) is 10.1. The molecule has 2 aromatic rings. The molecule has 1 saturated heterocycles. The zero-order valence-electron chi connectivity index (χ0n) is 18.8. The lowest BCUT2D eigenvalue weighted by atomic mass is 9.79. The van der Waals surface area contributed by atoms with Gasteiger partial charge in [0.15, 0.2) is 0 Å². The molecule has 10 heteroatoms. The highest BCUT2D eigenvalue weighted by Gasteiger charge is 2.38. The van der Waals surface area contributed by atoms with Crippen molar-refractivity contribution in [2.24, 2.45) is 0 Å². The lowest BCUT2D eigenvalue weighted by Gasteiger charge is -2.46. The standard InChI is InChI=1S/C21H30N6O4/c1-20(2)10-13(11-21(3,4)26-20)24-18-17(27(28)29)19(23-12-22-18)25-15-9-14(30-5)7-8-16(15)31-6/h7-9,12-13,26H,10-11H2,1-6H3,(H2,22,23,24,25). The third-order valence-electron chi connectivity index (χ3n) is 5.20. The number of ether oxygens (including phenoxy) is 2. The Hall–Kier alpha value is -3.14. The Morgan fingerprint density at radius 1 is 1.10 bits per heavy atom. The molecule has 1 aromatic heterocycles. The number of methoxy groups -OCH3 is 2. The fourth-order valence-corrected chi connectivity index (χ4v) is 4.41. The van der Waals surface area contributed by atoms with E-state index in [4.69, 9.17) is 9.47 Å². The highest BCUT2D eigenvalue weighted by Crippen LogP contribution is 2.38. The summed E-state index contributed by atoms with van der Waals surface area (Å²) in [4.78, 5) is 19.8. The molecule has 0 radical (unpaired) electrons. The van der Waals surface area contributed by atoms with Crippen molar-refractivity contribution in [1.29, 1.82) is 0 Å². The maximum absolute atomic E-state index is 12.0. The van der Waals surface area contributed by atoms with E-state index in [1.807, 2.05) is 0 Å². The van der Waals surface area contributed by atoms with Crippen LogP contribution in [0.4, 0.5) is 23.0 Å². The fraction of sp³-hybridized carbons (Fsp3) is 0.524. The summed E-state index contributed by atoms with van der Waals surface area (Å²) < 4.78 is 10.6. The molecule has 1 aliphatic rings. The van der Waals surface area contributed by atoms with E-state index in [0.717, 1.165) is 12.8 Å². The van der Waals surface area contributed by atoms with Gasteiger partial charge in [-0.05, 0) is 52.7 Å². The van der Waals surface area contributed by atoms with Crippen LogP contribution in [0.15, 0.2) is 24.5 Å². The fourth-order valence-electron chi connectivity index (χ4n) is 4.41. The molecule has 1 fully saturated rings. The van der Waals surface area contributed by atoms with Gasteiger partial charge in [-0.2, -0.15) is 0 Å². The van der Waals surface area contributed by atoms with Gasteiger partial charge in [-0.1, -0.05) is 0 Å². The Labute approximate surface area is 181 Å². The van der Waals surface area contributed by atoms with Crippen molar-refractivity contribution in [3.63, 3.8) is 0 Å². The molecule has 1 aliphatic heterocycles. The maximum Gasteiger partial charge on any atom is 0.353 e. The van der Waals surface area contributed by atoms with E-state index in [1.165, 1.54) is 13.4 Å². The average molecular weight is 431 g/mol. The monoisotopic (exact) mass is 430 g/mol. The van der Waals surface area contributed by atoms with Gasteiger partial charge in [-0.15, -0.1) is 0 Å². The molecule has 0 amide bonds. The highest BCUT2D eigenvalue weighted by atomic mass is 16.6. The van der Waals surface area contributed by atoms with Crippen LogP contribution in [0.5, 0.6) is 11.5 Å². The van der Waals surface area contributed by atoms with E-state index < -0.39 is 4.92 Å². The van der Waals surface area contributed by atoms with E-state index in [9.17, 15) is 10.1 Å². The molecule has 0 bridgehead atoms. The largest absolute Gasteiger partial charge is 0.497 e. The summed E-state index contributed by atoms with van der Waals surface area (Å²) in [5.74, 6) is 1.34. The molecule has 1 aromatic carbocycles. The zero-order chi connectivity index (χ0) is 22.8. The zero-order valence-corrected chi connectivity index (χ0v) is 18.8. The summed E-state index contributed by atoms with van der Waals surface area (Å²) in [6, 6.07) is 5.16. The van der Waals surface area contributed by atoms with Crippen molar-refractivity contribution >= 4 is 23.0 Å². The van der Waals surface area contributed by atoms with Crippen LogP contribution in [0.1, 0.15) is 40.5 Å². The topological polar surface area (TPSA) is 123 Å². The average Bonchev–Trinajstić information content (AvgIpc) is 2.65. The van der Waals surface area contributed by atoms with Gasteiger partial charge in [0.2, 0.25) is 11.6 Å². The third kappa shape index (κ3) is 5.32. The second-order valence-electron chi connectivity index (χ2n) is 9.01. The van der Waals surface area contributed by atoms with Crippen LogP contribution in [0.2, 0.25) is 0 Å². The Morgan fingerprint density at radius 3 is 2.32 bits per heavy atom. The van der Waals surface area contributed by atoms with Crippen LogP contribution in [0, 0.1) is 10.1 Å². The quantitative estimate of drug-likeness (QED) is 0.443. The predicted octanol–water partition coefficient (Wildman–Crippen LogP) is 3.87. The molecule has 10 nitrogen and oxygen atoms in total. The first kappa shape index (κ1) is 22.5. The first-order valence-corrected chi connectivity index (χ1v) is 10.1. The molecule has 0 spiro atoms. The van der Waals surface area contributed by atoms with Gasteiger partial charge in [0.1, 0.15) is 17.8 Å². The highest BCUT2D eigenvalue weighted by molar-refractivity contribution is 5.76. The molecule has 0 unspecified atom stereocenters. The smallest absolute Gasteiger partial charge is 0.353 e. The molecular formula is C21H30N6O4. The molecule has 0 atom stereocenters. The summed E-state index contributed by atoms with van der Waals surface area (Å²) in [6.45, 7) is 8.50. The number of rotatable bonds is 7. The molecule has 0 aliphatic carbocycles. The van der Waals surface area contributed by atoms with Crippen LogP contribution < -0.4 is 25.4 Å². The third-order valence-corrected chi connectivity index (χ3v) is 5.20. The molecule has 31 heavy (non-hydrogen) atoms. The number of nitrogens with zero attached hydrogens (tertiary/aromatic N) is 3. The molecule has 2 heterocycles. The van der Waals surface area contributed by atoms with Crippen molar-refractivity contribution in [3.05, 3.63) is 34.6 Å². The molecular weight excluding hydrogens is 400 g/mol. The lowest BCUT2D eigenvalue weighted by Crippen LogP contribution is -2.60. The van der Waals surface area contributed by atoms with E-state index in [1.54, 1.807) is 25.3 Å². The minimum absolute atomic E-state index is 0.0130. The van der Waals surface area contributed by atoms with Crippen LogP contribution in [-0.4, -0.2) is 46.2 Å². The molecule has 168 valence electrons. The minimum atomic E-state index is -0.478. The number of anilines is 3. The van der Waals surface area contributed by atoms with Crippen LogP contribution in [-0.2, 0) is 0 Å². The summed E-state index contributed by atoms with van der Waals surface area (Å²) in [6.07, 6.45) is 2.90. The van der Waals surface area contributed by atoms with Gasteiger partial charge in [0.25, 0.3) is 0 Å². The van der Waals surface area contributed by atoms with Gasteiger partial charge in [-0.25, -0.2) is 9.97 Å². The number of aromatic nitrogens is 2. The Bertz CT molecular complexity index is 947. The number of benzene rings is 1. The Morgan fingerprint density at radius 2 is 1.74 bits per heavy atom. The van der Waals surface area contributed by atoms with Crippen LogP contribution in [0.3, 0.4) is 0 Å². The number of hydrogen-bond acceptors (Lipinski definition) is 9. The van der Waals surface area contributed by atoms with E-state index in [0.29, 0.717) is 17.2 Å². The normalized spacial score (nSPS) is 17.6. The summed E-state index contributed by atoms with van der Waals surface area (Å²) in [7, 11) is 3.07. The van der Waals surface area contributed by atoms with Crippen molar-refractivity contribution < 1.29 is 14.4 Å².